The number of nitrogens with one attached hydrogen (secondary N) is 1. The lowest BCUT2D eigenvalue weighted by Gasteiger charge is -2.14. The van der Waals surface area contributed by atoms with Gasteiger partial charge in [-0.2, -0.15) is 0 Å². The molecule has 0 unspecified atom stereocenters. The molecule has 1 aromatic carbocycles. The fraction of sp³-hybridized carbons (Fsp3) is 0.500. The minimum Gasteiger partial charge on any atom is -0.489 e. The van der Waals surface area contributed by atoms with E-state index in [4.69, 9.17) is 16.3 Å². The van der Waals surface area contributed by atoms with Crippen molar-refractivity contribution in [1.82, 2.24) is 5.32 Å². The Bertz CT molecular complexity index is 399. The number of alkyl halides is 3. The Kier molecular flexibility index (Phi) is 6.41. The first-order chi connectivity index (χ1) is 8.94. The molecule has 108 valence electrons. The highest BCUT2D eigenvalue weighted by Crippen LogP contribution is 2.28. The number of hydrogen-bond donors (Lipinski definition) is 1. The molecule has 0 saturated heterocycles. The summed E-state index contributed by atoms with van der Waals surface area (Å²) >= 11 is 5.96. The van der Waals surface area contributed by atoms with E-state index in [0.717, 1.165) is 12.1 Å². The van der Waals surface area contributed by atoms with Gasteiger partial charge in [-0.05, 0) is 12.6 Å². The van der Waals surface area contributed by atoms with Crippen molar-refractivity contribution in [2.75, 3.05) is 19.8 Å². The van der Waals surface area contributed by atoms with Crippen LogP contribution >= 0.6 is 11.6 Å². The Morgan fingerprint density at radius 3 is 2.63 bits per heavy atom. The first-order valence-corrected chi connectivity index (χ1v) is 6.13. The number of rotatable bonds is 7. The Morgan fingerprint density at radius 2 is 2.00 bits per heavy atom. The van der Waals surface area contributed by atoms with Crippen LogP contribution in [-0.4, -0.2) is 26.1 Å². The maximum atomic E-state index is 11.8. The van der Waals surface area contributed by atoms with Gasteiger partial charge in [0.15, 0.2) is 0 Å². The van der Waals surface area contributed by atoms with Crippen molar-refractivity contribution in [2.24, 2.45) is 0 Å². The summed E-state index contributed by atoms with van der Waals surface area (Å²) in [4.78, 5) is 0. The Balaban J connectivity index is 2.56. The average Bonchev–Trinajstić information content (AvgIpc) is 2.32. The lowest BCUT2D eigenvalue weighted by atomic mass is 10.2. The third kappa shape index (κ3) is 6.13. The van der Waals surface area contributed by atoms with Crippen LogP contribution in [0.1, 0.15) is 12.5 Å². The lowest BCUT2D eigenvalue weighted by Crippen LogP contribution is -2.19. The van der Waals surface area contributed by atoms with Crippen LogP contribution in [0.4, 0.5) is 13.2 Å². The molecule has 0 amide bonds. The van der Waals surface area contributed by atoms with Crippen molar-refractivity contribution in [3.8, 4) is 5.75 Å². The SMILES string of the molecule is CCNCc1cccc(Cl)c1OCCOC(F)(F)F. The number of hydrogen-bond acceptors (Lipinski definition) is 3. The molecule has 0 aliphatic carbocycles. The van der Waals surface area contributed by atoms with Gasteiger partial charge in [-0.15, -0.1) is 13.2 Å². The van der Waals surface area contributed by atoms with Gasteiger partial charge in [0.25, 0.3) is 0 Å². The standard InChI is InChI=1S/C12H15ClF3NO2/c1-2-17-8-9-4-3-5-10(13)11(9)18-6-7-19-12(14,15)16/h3-5,17H,2,6-8H2,1H3. The molecule has 0 saturated carbocycles. The molecule has 0 aliphatic heterocycles. The molecular formula is C12H15ClF3NO2. The van der Waals surface area contributed by atoms with Crippen LogP contribution in [0.3, 0.4) is 0 Å². The van der Waals surface area contributed by atoms with Crippen molar-refractivity contribution in [1.29, 1.82) is 0 Å². The zero-order chi connectivity index (χ0) is 14.3. The topological polar surface area (TPSA) is 30.5 Å². The number of benzene rings is 1. The minimum absolute atomic E-state index is 0.220. The van der Waals surface area contributed by atoms with E-state index in [1.807, 2.05) is 6.92 Å². The van der Waals surface area contributed by atoms with Gasteiger partial charge in [-0.3, -0.25) is 4.74 Å². The molecule has 0 atom stereocenters. The van der Waals surface area contributed by atoms with Gasteiger partial charge in [0.1, 0.15) is 12.4 Å². The van der Waals surface area contributed by atoms with Crippen LogP contribution < -0.4 is 10.1 Å². The van der Waals surface area contributed by atoms with Crippen LogP contribution in [0.5, 0.6) is 5.75 Å². The van der Waals surface area contributed by atoms with Crippen LogP contribution in [0.15, 0.2) is 18.2 Å². The fourth-order valence-electron chi connectivity index (χ4n) is 1.42. The predicted octanol–water partition coefficient (Wildman–Crippen LogP) is 3.36. The van der Waals surface area contributed by atoms with Crippen molar-refractivity contribution >= 4 is 11.6 Å². The second-order valence-electron chi connectivity index (χ2n) is 3.65. The molecule has 0 aromatic heterocycles. The second-order valence-corrected chi connectivity index (χ2v) is 4.06. The van der Waals surface area contributed by atoms with Gasteiger partial charge in [0.2, 0.25) is 0 Å². The van der Waals surface area contributed by atoms with Crippen LogP contribution in [-0.2, 0) is 11.3 Å². The molecule has 0 spiro atoms. The van der Waals surface area contributed by atoms with E-state index in [9.17, 15) is 13.2 Å². The highest BCUT2D eigenvalue weighted by atomic mass is 35.5. The monoisotopic (exact) mass is 297 g/mol. The van der Waals surface area contributed by atoms with Crippen LogP contribution in [0.2, 0.25) is 5.02 Å². The summed E-state index contributed by atoms with van der Waals surface area (Å²) in [6, 6.07) is 5.18. The zero-order valence-corrected chi connectivity index (χ0v) is 11.1. The molecular weight excluding hydrogens is 283 g/mol. The highest BCUT2D eigenvalue weighted by molar-refractivity contribution is 6.32. The molecule has 1 N–H and O–H groups in total. The number of para-hydroxylation sites is 1. The van der Waals surface area contributed by atoms with Gasteiger partial charge in [0.05, 0.1) is 11.6 Å². The van der Waals surface area contributed by atoms with Crippen molar-refractivity contribution < 1.29 is 22.6 Å². The summed E-state index contributed by atoms with van der Waals surface area (Å²) < 4.78 is 44.3. The van der Waals surface area contributed by atoms with Gasteiger partial charge >= 0.3 is 6.36 Å². The van der Waals surface area contributed by atoms with E-state index in [2.05, 4.69) is 10.1 Å². The fourth-order valence-corrected chi connectivity index (χ4v) is 1.66. The Hall–Kier alpha value is -0.980. The zero-order valence-electron chi connectivity index (χ0n) is 10.4. The van der Waals surface area contributed by atoms with Gasteiger partial charge in [0, 0.05) is 12.1 Å². The first kappa shape index (κ1) is 16.1. The molecule has 1 aromatic rings. The molecule has 0 fully saturated rings. The third-order valence-electron chi connectivity index (χ3n) is 2.21. The summed E-state index contributed by atoms with van der Waals surface area (Å²) in [5, 5.41) is 3.46. The quantitative estimate of drug-likeness (QED) is 0.783. The lowest BCUT2D eigenvalue weighted by molar-refractivity contribution is -0.325. The van der Waals surface area contributed by atoms with E-state index >= 15 is 0 Å². The Morgan fingerprint density at radius 1 is 1.26 bits per heavy atom. The second kappa shape index (κ2) is 7.57. The summed E-state index contributed by atoms with van der Waals surface area (Å²) in [7, 11) is 0. The van der Waals surface area contributed by atoms with E-state index in [0.29, 0.717) is 17.3 Å². The average molecular weight is 298 g/mol. The first-order valence-electron chi connectivity index (χ1n) is 5.75. The molecule has 0 bridgehead atoms. The van der Waals surface area contributed by atoms with Gasteiger partial charge < -0.3 is 10.1 Å². The summed E-state index contributed by atoms with van der Waals surface area (Å²) in [5.74, 6) is 0.385. The molecule has 0 aliphatic rings. The highest BCUT2D eigenvalue weighted by Gasteiger charge is 2.28. The number of halogens is 4. The van der Waals surface area contributed by atoms with Crippen LogP contribution in [0.25, 0.3) is 0 Å². The summed E-state index contributed by atoms with van der Waals surface area (Å²) in [5.41, 5.74) is 0.793. The molecule has 7 heteroatoms. The normalized spacial score (nSPS) is 11.6. The van der Waals surface area contributed by atoms with Crippen molar-refractivity contribution in [2.45, 2.75) is 19.8 Å². The van der Waals surface area contributed by atoms with Gasteiger partial charge in [-0.1, -0.05) is 30.7 Å². The smallest absolute Gasteiger partial charge is 0.489 e. The van der Waals surface area contributed by atoms with E-state index in [1.165, 1.54) is 0 Å². The number of ether oxygens (including phenoxy) is 2. The predicted molar refractivity (Wildman–Crippen MR) is 66.3 cm³/mol. The summed E-state index contributed by atoms with van der Waals surface area (Å²) in [6.07, 6.45) is -4.64. The largest absolute Gasteiger partial charge is 0.522 e. The molecule has 0 heterocycles. The molecule has 1 rings (SSSR count). The van der Waals surface area contributed by atoms with Crippen molar-refractivity contribution in [3.63, 3.8) is 0 Å². The van der Waals surface area contributed by atoms with E-state index < -0.39 is 13.0 Å². The molecule has 19 heavy (non-hydrogen) atoms. The minimum atomic E-state index is -4.64. The Labute approximate surface area is 114 Å². The van der Waals surface area contributed by atoms with Crippen molar-refractivity contribution in [3.05, 3.63) is 28.8 Å². The van der Waals surface area contributed by atoms with E-state index in [-0.39, 0.29) is 6.61 Å². The molecule has 3 nitrogen and oxygen atoms in total. The van der Waals surface area contributed by atoms with Crippen LogP contribution in [0, 0.1) is 0 Å². The van der Waals surface area contributed by atoms with Gasteiger partial charge in [-0.25, -0.2) is 0 Å². The maximum absolute atomic E-state index is 11.8. The van der Waals surface area contributed by atoms with E-state index in [1.54, 1.807) is 18.2 Å². The third-order valence-corrected chi connectivity index (χ3v) is 2.51. The molecule has 0 radical (unpaired) electrons. The maximum Gasteiger partial charge on any atom is 0.522 e. The summed E-state index contributed by atoms with van der Waals surface area (Å²) in [6.45, 7) is 2.45.